The Hall–Kier alpha value is -6.01. The van der Waals surface area contributed by atoms with Crippen LogP contribution in [0.5, 0.6) is 0 Å². The lowest BCUT2D eigenvalue weighted by molar-refractivity contribution is -0.140. The van der Waals surface area contributed by atoms with Gasteiger partial charge in [0.1, 0.15) is 52.6 Å². The third-order valence-electron chi connectivity index (χ3n) is 15.1. The second-order valence-electron chi connectivity index (χ2n) is 27.1. The van der Waals surface area contributed by atoms with E-state index in [1.54, 1.807) is 33.8 Å². The molecule has 0 aromatic rings. The molecular formula is C62H111N11O13. The largest absolute Gasteiger partial charge is 0.393 e. The molecule has 0 unspecified atom stereocenters. The minimum atomic E-state index is -1.82. The fraction of sp³-hybridized carbons (Fsp3) is 0.790. The summed E-state index contributed by atoms with van der Waals surface area (Å²) in [5.74, 6) is -8.25. The van der Waals surface area contributed by atoms with Crippen LogP contribution >= 0.6 is 0 Å². The Morgan fingerprint density at radius 2 is 1.15 bits per heavy atom. The average molecular weight is 1220 g/mol. The van der Waals surface area contributed by atoms with E-state index in [0.717, 1.165) is 6.42 Å². The minimum Gasteiger partial charge on any atom is -0.393 e. The number of amides is 10. The van der Waals surface area contributed by atoms with Crippen LogP contribution < -0.4 is 47.9 Å². The third kappa shape index (κ3) is 27.4. The summed E-state index contributed by atoms with van der Waals surface area (Å²) in [6.45, 7) is 31.1. The summed E-state index contributed by atoms with van der Waals surface area (Å²) in [6, 6.07) is -6.61. The zero-order chi connectivity index (χ0) is 66.4. The number of hydrogen-bond acceptors (Lipinski definition) is 14. The number of allylic oxidation sites excluding steroid dienone is 1. The van der Waals surface area contributed by atoms with Crippen molar-refractivity contribution in [3.05, 3.63) is 12.2 Å². The second-order valence-corrected chi connectivity index (χ2v) is 27.1. The Kier molecular flexibility index (Phi) is 32.4. The molecule has 492 valence electrons. The molecule has 11 N–H and O–H groups in total. The first-order valence-electron chi connectivity index (χ1n) is 30.8. The standard InChI is InChI=1S/C62H111N11O13/c1-21-38(9)23-24-49(77)73-33-40(11)31-47(73)55(82)66-46(30-39(10)29-43(75)32-42(74)22-2)53(80)68-50(51(78)37(7)8)56(83)70-61(15,16)58(85)67-44(27-35(3)4)52(79)65-45(28-36(5)6)54(81)69-62(17,18)59(86)71-60(13,14)57(84)63-26-25-48(76)64-41(12)34-72(19)20/h23-24,35-41,43-47,50-51,75,78H,21-22,25-34H2,1-20H3,(H,63,84)(H,64,76)(H,65,79)(H,66,82)(H,67,85)(H,68,80)(H,69,81)(H,70,83)(H,71,86)/b24-23+/t38-,39+,40-,41-,43-,44-,45-,46-,47-,50-,51-/m0/s1. The van der Waals surface area contributed by atoms with Crippen LogP contribution in [0.25, 0.3) is 0 Å². The highest BCUT2D eigenvalue weighted by molar-refractivity contribution is 6.00. The zero-order valence-corrected chi connectivity index (χ0v) is 55.5. The first kappa shape index (κ1) is 78.0. The number of likely N-dealkylation sites (tertiary alicyclic amines) is 1. The van der Waals surface area contributed by atoms with Gasteiger partial charge in [-0.15, -0.1) is 0 Å². The monoisotopic (exact) mass is 1220 g/mol. The van der Waals surface area contributed by atoms with E-state index in [2.05, 4.69) is 47.9 Å². The Morgan fingerprint density at radius 1 is 0.628 bits per heavy atom. The molecule has 0 aromatic carbocycles. The number of hydrogen-bond donors (Lipinski definition) is 11. The summed E-state index contributed by atoms with van der Waals surface area (Å²) in [5, 5.41) is 46.7. The maximum Gasteiger partial charge on any atom is 0.246 e. The van der Waals surface area contributed by atoms with Crippen LogP contribution in [0.3, 0.4) is 0 Å². The number of aliphatic hydroxyl groups is 2. The normalized spacial score (nSPS) is 18.0. The van der Waals surface area contributed by atoms with Crippen molar-refractivity contribution in [3.63, 3.8) is 0 Å². The average Bonchev–Trinajstić information content (AvgIpc) is 3.94. The van der Waals surface area contributed by atoms with E-state index in [1.807, 2.05) is 74.4 Å². The van der Waals surface area contributed by atoms with Crippen molar-refractivity contribution in [1.82, 2.24) is 57.7 Å². The van der Waals surface area contributed by atoms with E-state index >= 15 is 0 Å². The minimum absolute atomic E-state index is 0.00837. The van der Waals surface area contributed by atoms with Crippen molar-refractivity contribution in [1.29, 1.82) is 0 Å². The highest BCUT2D eigenvalue weighted by Crippen LogP contribution is 2.25. The van der Waals surface area contributed by atoms with Gasteiger partial charge in [-0.2, -0.15) is 0 Å². The number of carbonyl (C=O) groups is 11. The summed E-state index contributed by atoms with van der Waals surface area (Å²) in [5.41, 5.74) is -4.93. The lowest BCUT2D eigenvalue weighted by atomic mass is 9.92. The summed E-state index contributed by atoms with van der Waals surface area (Å²) in [4.78, 5) is 154. The first-order valence-corrected chi connectivity index (χ1v) is 30.8. The maximum atomic E-state index is 14.6. The molecule has 1 fully saturated rings. The van der Waals surface area contributed by atoms with Gasteiger partial charge in [-0.3, -0.25) is 52.7 Å². The summed E-state index contributed by atoms with van der Waals surface area (Å²) >= 11 is 0. The number of rotatable bonds is 37. The molecule has 0 radical (unpaired) electrons. The number of nitrogens with one attached hydrogen (secondary N) is 9. The molecule has 0 aromatic heterocycles. The maximum absolute atomic E-state index is 14.6. The number of likely N-dealkylation sites (N-methyl/N-ethyl adjacent to an activating group) is 1. The van der Waals surface area contributed by atoms with Crippen LogP contribution in [-0.2, 0) is 52.7 Å². The van der Waals surface area contributed by atoms with E-state index in [9.17, 15) is 63.0 Å². The van der Waals surface area contributed by atoms with Gasteiger partial charge in [-0.1, -0.05) is 88.7 Å². The number of nitrogens with zero attached hydrogens (tertiary/aromatic N) is 2. The number of ketones is 1. The molecule has 1 heterocycles. The van der Waals surface area contributed by atoms with Crippen molar-refractivity contribution < 1.29 is 63.0 Å². The molecular weight excluding hydrogens is 1110 g/mol. The van der Waals surface area contributed by atoms with E-state index in [0.29, 0.717) is 19.5 Å². The van der Waals surface area contributed by atoms with Crippen LogP contribution in [0.15, 0.2) is 12.2 Å². The number of Topliss-reactive ketones (excluding diaryl/α,β-unsaturated/α-hetero) is 1. The molecule has 0 aliphatic carbocycles. The molecule has 10 amide bonds. The van der Waals surface area contributed by atoms with E-state index in [-0.39, 0.29) is 98.8 Å². The molecule has 11 atom stereocenters. The molecule has 1 aliphatic heterocycles. The fourth-order valence-corrected chi connectivity index (χ4v) is 9.77. The van der Waals surface area contributed by atoms with E-state index < -0.39 is 118 Å². The SMILES string of the molecule is CCC(=O)C[C@@H](O)C[C@@H](C)C[C@H](NC(=O)[C@@H]1C[C@H](C)CN1C(=O)/C=C/[C@@H](C)CC)C(=O)N[C@H](C(=O)NC(C)(C)C(=O)N[C@@H](CC(C)C)C(=O)N[C@@H](CC(C)C)C(=O)NC(C)(C)C(=O)NC(C)(C)C(=O)NCCC(=O)N[C@@H](C)CN(C)C)[C@@H](O)C(C)C. The molecule has 86 heavy (non-hydrogen) atoms. The van der Waals surface area contributed by atoms with Crippen LogP contribution in [0, 0.1) is 35.5 Å². The highest BCUT2D eigenvalue weighted by Gasteiger charge is 2.43. The number of carbonyl (C=O) groups excluding carboxylic acids is 11. The van der Waals surface area contributed by atoms with E-state index in [1.165, 1.54) is 52.5 Å². The molecule has 0 saturated carbocycles. The number of aliphatic hydroxyl groups excluding tert-OH is 2. The lowest BCUT2D eigenvalue weighted by Crippen LogP contribution is -2.66. The molecule has 1 rings (SSSR count). The third-order valence-corrected chi connectivity index (χ3v) is 15.1. The smallest absolute Gasteiger partial charge is 0.246 e. The van der Waals surface area contributed by atoms with Gasteiger partial charge in [-0.05, 0) is 136 Å². The van der Waals surface area contributed by atoms with Crippen LogP contribution in [0.2, 0.25) is 0 Å². The summed E-state index contributed by atoms with van der Waals surface area (Å²) in [7, 11) is 3.77. The van der Waals surface area contributed by atoms with Gasteiger partial charge in [-0.25, -0.2) is 0 Å². The van der Waals surface area contributed by atoms with Crippen molar-refractivity contribution >= 4 is 64.9 Å². The second kappa shape index (κ2) is 35.7. The molecule has 24 nitrogen and oxygen atoms in total. The summed E-state index contributed by atoms with van der Waals surface area (Å²) < 4.78 is 0. The van der Waals surface area contributed by atoms with Gasteiger partial charge in [0.2, 0.25) is 59.1 Å². The van der Waals surface area contributed by atoms with Crippen molar-refractivity contribution in [2.24, 2.45) is 35.5 Å². The Labute approximate surface area is 512 Å². The first-order chi connectivity index (χ1) is 39.6. The quantitative estimate of drug-likeness (QED) is 0.0398. The highest BCUT2D eigenvalue weighted by atomic mass is 16.3. The molecule has 1 saturated heterocycles. The predicted octanol–water partition coefficient (Wildman–Crippen LogP) is 2.28. The van der Waals surface area contributed by atoms with Crippen molar-refractivity contribution in [2.45, 2.75) is 247 Å². The van der Waals surface area contributed by atoms with Crippen molar-refractivity contribution in [2.75, 3.05) is 33.7 Å². The molecule has 1 aliphatic rings. The van der Waals surface area contributed by atoms with Gasteiger partial charge in [0, 0.05) is 44.9 Å². The van der Waals surface area contributed by atoms with Gasteiger partial charge in [0.05, 0.1) is 12.2 Å². The van der Waals surface area contributed by atoms with Crippen molar-refractivity contribution in [3.8, 4) is 0 Å². The Morgan fingerprint density at radius 3 is 1.69 bits per heavy atom. The predicted molar refractivity (Wildman–Crippen MR) is 330 cm³/mol. The van der Waals surface area contributed by atoms with Gasteiger partial charge in [0.25, 0.3) is 0 Å². The van der Waals surface area contributed by atoms with Gasteiger partial charge < -0.3 is 67.9 Å². The van der Waals surface area contributed by atoms with Gasteiger partial charge >= 0.3 is 0 Å². The molecule has 0 spiro atoms. The zero-order valence-electron chi connectivity index (χ0n) is 55.5. The van der Waals surface area contributed by atoms with Crippen LogP contribution in [0.4, 0.5) is 0 Å². The topological polar surface area (TPSA) is 343 Å². The van der Waals surface area contributed by atoms with Gasteiger partial charge in [0.15, 0.2) is 0 Å². The van der Waals surface area contributed by atoms with Crippen LogP contribution in [0.1, 0.15) is 182 Å². The Balaban J connectivity index is 3.44. The molecule has 0 bridgehead atoms. The van der Waals surface area contributed by atoms with Crippen LogP contribution in [-0.4, -0.2) is 184 Å². The van der Waals surface area contributed by atoms with E-state index in [4.69, 9.17) is 0 Å². The summed E-state index contributed by atoms with van der Waals surface area (Å²) in [6.07, 6.45) is 2.07. The lowest BCUT2D eigenvalue weighted by Gasteiger charge is -2.34. The molecule has 24 heteroatoms. The fourth-order valence-electron chi connectivity index (χ4n) is 9.77. The Bertz CT molecular complexity index is 2340.